The number of rotatable bonds is 7. The Labute approximate surface area is 111 Å². The monoisotopic (exact) mass is 265 g/mol. The molecule has 1 unspecified atom stereocenters. The van der Waals surface area contributed by atoms with Crippen molar-refractivity contribution in [1.82, 2.24) is 15.5 Å². The molecule has 0 aromatic carbocycles. The maximum atomic E-state index is 5.26. The zero-order chi connectivity index (χ0) is 12.8. The first-order chi connectivity index (χ1) is 8.78. The molecule has 2 aromatic rings. The van der Waals surface area contributed by atoms with Gasteiger partial charge in [-0.2, -0.15) is 4.98 Å². The van der Waals surface area contributed by atoms with Gasteiger partial charge in [-0.3, -0.25) is 0 Å². The number of hydrogen-bond donors (Lipinski definition) is 1. The summed E-state index contributed by atoms with van der Waals surface area (Å²) >= 11 is 1.72. The molecule has 1 N–H and O–H groups in total. The van der Waals surface area contributed by atoms with Gasteiger partial charge in [-0.05, 0) is 31.3 Å². The van der Waals surface area contributed by atoms with Crippen LogP contribution in [0.25, 0.3) is 0 Å². The van der Waals surface area contributed by atoms with Crippen molar-refractivity contribution >= 4 is 11.3 Å². The van der Waals surface area contributed by atoms with E-state index in [-0.39, 0.29) is 0 Å². The predicted molar refractivity (Wildman–Crippen MR) is 72.9 cm³/mol. The van der Waals surface area contributed by atoms with E-state index in [0.29, 0.717) is 6.04 Å². The topological polar surface area (TPSA) is 51.0 Å². The predicted octanol–water partition coefficient (Wildman–Crippen LogP) is 2.65. The van der Waals surface area contributed by atoms with Crippen molar-refractivity contribution < 1.29 is 4.52 Å². The van der Waals surface area contributed by atoms with Gasteiger partial charge in [0.05, 0.1) is 0 Å². The molecule has 0 bridgehead atoms. The van der Waals surface area contributed by atoms with Gasteiger partial charge >= 0.3 is 0 Å². The molecule has 1 atom stereocenters. The van der Waals surface area contributed by atoms with Crippen LogP contribution in [0.1, 0.15) is 36.9 Å². The van der Waals surface area contributed by atoms with Gasteiger partial charge in [0, 0.05) is 23.8 Å². The molecule has 0 radical (unpaired) electrons. The van der Waals surface area contributed by atoms with Crippen LogP contribution in [0.5, 0.6) is 0 Å². The third-order valence-corrected chi connectivity index (χ3v) is 3.64. The Kier molecular flexibility index (Phi) is 4.90. The maximum absolute atomic E-state index is 5.26. The largest absolute Gasteiger partial charge is 0.339 e. The highest BCUT2D eigenvalue weighted by atomic mass is 32.1. The Morgan fingerprint density at radius 3 is 3.11 bits per heavy atom. The lowest BCUT2D eigenvalue weighted by Crippen LogP contribution is -2.25. The summed E-state index contributed by atoms with van der Waals surface area (Å²) in [5.41, 5.74) is 0. The average Bonchev–Trinajstić information content (AvgIpc) is 2.99. The second-order valence-corrected chi connectivity index (χ2v) is 5.39. The molecule has 18 heavy (non-hydrogen) atoms. The zero-order valence-electron chi connectivity index (χ0n) is 10.8. The van der Waals surface area contributed by atoms with Crippen LogP contribution in [0.4, 0.5) is 0 Å². The van der Waals surface area contributed by atoms with Gasteiger partial charge in [-0.15, -0.1) is 11.3 Å². The molecule has 2 aromatic heterocycles. The van der Waals surface area contributed by atoms with Crippen LogP contribution in [-0.2, 0) is 12.8 Å². The van der Waals surface area contributed by atoms with E-state index in [4.69, 9.17) is 4.52 Å². The Morgan fingerprint density at radius 2 is 2.39 bits per heavy atom. The van der Waals surface area contributed by atoms with Crippen molar-refractivity contribution in [3.63, 3.8) is 0 Å². The Balaban J connectivity index is 1.82. The minimum absolute atomic E-state index is 0.489. The summed E-state index contributed by atoms with van der Waals surface area (Å²) in [5, 5.41) is 9.45. The van der Waals surface area contributed by atoms with Gasteiger partial charge in [0.2, 0.25) is 5.89 Å². The quantitative estimate of drug-likeness (QED) is 0.836. The third kappa shape index (κ3) is 3.92. The van der Waals surface area contributed by atoms with Gasteiger partial charge in [0.1, 0.15) is 0 Å². The molecule has 0 saturated heterocycles. The van der Waals surface area contributed by atoms with Crippen molar-refractivity contribution in [2.45, 2.75) is 39.2 Å². The third-order valence-electron chi connectivity index (χ3n) is 2.77. The van der Waals surface area contributed by atoms with Crippen molar-refractivity contribution in [1.29, 1.82) is 0 Å². The van der Waals surface area contributed by atoms with E-state index >= 15 is 0 Å². The number of hydrogen-bond acceptors (Lipinski definition) is 5. The van der Waals surface area contributed by atoms with Crippen molar-refractivity contribution in [2.75, 3.05) is 6.54 Å². The minimum Gasteiger partial charge on any atom is -0.339 e. The van der Waals surface area contributed by atoms with E-state index in [1.165, 1.54) is 4.88 Å². The fraction of sp³-hybridized carbons (Fsp3) is 0.538. The molecule has 0 amide bonds. The van der Waals surface area contributed by atoms with Gasteiger partial charge < -0.3 is 9.84 Å². The van der Waals surface area contributed by atoms with Crippen LogP contribution in [-0.4, -0.2) is 22.7 Å². The van der Waals surface area contributed by atoms with Crippen LogP contribution in [0.2, 0.25) is 0 Å². The molecule has 0 aliphatic rings. The second kappa shape index (κ2) is 6.66. The van der Waals surface area contributed by atoms with Gasteiger partial charge in [-0.1, -0.05) is 18.1 Å². The molecule has 98 valence electrons. The fourth-order valence-corrected chi connectivity index (χ4v) is 2.52. The van der Waals surface area contributed by atoms with Crippen LogP contribution in [0.3, 0.4) is 0 Å². The first kappa shape index (κ1) is 13.2. The highest BCUT2D eigenvalue weighted by Crippen LogP contribution is 2.13. The summed E-state index contributed by atoms with van der Waals surface area (Å²) in [7, 11) is 0. The van der Waals surface area contributed by atoms with Crippen LogP contribution < -0.4 is 5.32 Å². The zero-order valence-corrected chi connectivity index (χ0v) is 11.7. The first-order valence-corrected chi connectivity index (χ1v) is 7.23. The number of aromatic nitrogens is 2. The van der Waals surface area contributed by atoms with Crippen LogP contribution >= 0.6 is 11.3 Å². The summed E-state index contributed by atoms with van der Waals surface area (Å²) in [5.74, 6) is 1.52. The standard InChI is InChI=1S/C13H19N3OS/c1-3-14-10(2)6-7-13-15-12(16-17-13)9-11-5-4-8-18-11/h4-5,8,10,14H,3,6-7,9H2,1-2H3. The molecule has 0 aliphatic heterocycles. The molecule has 2 rings (SSSR count). The lowest BCUT2D eigenvalue weighted by Gasteiger charge is -2.09. The van der Waals surface area contributed by atoms with Crippen LogP contribution in [0, 0.1) is 0 Å². The average molecular weight is 265 g/mol. The number of nitrogens with zero attached hydrogens (tertiary/aromatic N) is 2. The smallest absolute Gasteiger partial charge is 0.226 e. The number of aryl methyl sites for hydroxylation is 1. The van der Waals surface area contributed by atoms with Crippen LogP contribution in [0.15, 0.2) is 22.0 Å². The maximum Gasteiger partial charge on any atom is 0.226 e. The van der Waals surface area contributed by atoms with E-state index in [0.717, 1.165) is 37.5 Å². The first-order valence-electron chi connectivity index (χ1n) is 6.35. The summed E-state index contributed by atoms with van der Waals surface area (Å²) in [6, 6.07) is 4.62. The van der Waals surface area contributed by atoms with Gasteiger partial charge in [0.25, 0.3) is 0 Å². The highest BCUT2D eigenvalue weighted by Gasteiger charge is 2.09. The fourth-order valence-electron chi connectivity index (χ4n) is 1.82. The second-order valence-electron chi connectivity index (χ2n) is 4.36. The molecule has 0 fully saturated rings. The van der Waals surface area contributed by atoms with Crippen molar-refractivity contribution in [3.05, 3.63) is 34.1 Å². The van der Waals surface area contributed by atoms with E-state index < -0.39 is 0 Å². The molecule has 0 spiro atoms. The Bertz CT molecular complexity index is 453. The summed E-state index contributed by atoms with van der Waals surface area (Å²) in [6.07, 6.45) is 2.63. The van der Waals surface area contributed by atoms with Gasteiger partial charge in [-0.25, -0.2) is 0 Å². The highest BCUT2D eigenvalue weighted by molar-refractivity contribution is 7.09. The summed E-state index contributed by atoms with van der Waals surface area (Å²) < 4.78 is 5.26. The molecular weight excluding hydrogens is 246 g/mol. The molecular formula is C13H19N3OS. The van der Waals surface area contributed by atoms with E-state index in [9.17, 15) is 0 Å². The lowest BCUT2D eigenvalue weighted by molar-refractivity contribution is 0.363. The molecule has 2 heterocycles. The van der Waals surface area contributed by atoms with E-state index in [2.05, 4.69) is 40.8 Å². The molecule has 0 aliphatic carbocycles. The number of nitrogens with one attached hydrogen (secondary N) is 1. The molecule has 0 saturated carbocycles. The lowest BCUT2D eigenvalue weighted by atomic mass is 10.2. The SMILES string of the molecule is CCNC(C)CCc1nc(Cc2cccs2)no1. The van der Waals surface area contributed by atoms with Gasteiger partial charge in [0.15, 0.2) is 5.82 Å². The number of thiophene rings is 1. The van der Waals surface area contributed by atoms with Crippen molar-refractivity contribution in [2.24, 2.45) is 0 Å². The minimum atomic E-state index is 0.489. The van der Waals surface area contributed by atoms with E-state index in [1.54, 1.807) is 11.3 Å². The summed E-state index contributed by atoms with van der Waals surface area (Å²) in [6.45, 7) is 5.28. The molecule has 5 heteroatoms. The van der Waals surface area contributed by atoms with E-state index in [1.807, 2.05) is 6.07 Å². The molecule has 4 nitrogen and oxygen atoms in total. The summed E-state index contributed by atoms with van der Waals surface area (Å²) in [4.78, 5) is 5.69. The Morgan fingerprint density at radius 1 is 1.50 bits per heavy atom. The normalized spacial score (nSPS) is 12.8. The van der Waals surface area contributed by atoms with Crippen molar-refractivity contribution in [3.8, 4) is 0 Å². The Hall–Kier alpha value is -1.20.